The molecule has 1 saturated heterocycles. The third-order valence-corrected chi connectivity index (χ3v) is 4.51. The van der Waals surface area contributed by atoms with Gasteiger partial charge >= 0.3 is 0 Å². The van der Waals surface area contributed by atoms with Gasteiger partial charge in [0.25, 0.3) is 0 Å². The predicted octanol–water partition coefficient (Wildman–Crippen LogP) is 2.61. The molecule has 25 heavy (non-hydrogen) atoms. The van der Waals surface area contributed by atoms with Gasteiger partial charge in [-0.2, -0.15) is 4.98 Å². The highest BCUT2D eigenvalue weighted by molar-refractivity contribution is 5.20. The summed E-state index contributed by atoms with van der Waals surface area (Å²) in [6, 6.07) is 10.00. The molecule has 1 aliphatic heterocycles. The van der Waals surface area contributed by atoms with E-state index in [0.29, 0.717) is 0 Å². The van der Waals surface area contributed by atoms with E-state index < -0.39 is 0 Å². The molecule has 0 bridgehead atoms. The number of hydrogen-bond donors (Lipinski definition) is 0. The van der Waals surface area contributed by atoms with Crippen LogP contribution in [0, 0.1) is 0 Å². The SMILES string of the molecule is CCCCc1noc(CN2CCN(CCOc3ccccc3)CC2)n1. The van der Waals surface area contributed by atoms with Gasteiger partial charge in [-0.15, -0.1) is 0 Å². The van der Waals surface area contributed by atoms with E-state index in [4.69, 9.17) is 9.26 Å². The summed E-state index contributed by atoms with van der Waals surface area (Å²) in [4.78, 5) is 9.32. The maximum absolute atomic E-state index is 5.78. The van der Waals surface area contributed by atoms with Gasteiger partial charge in [-0.3, -0.25) is 9.80 Å². The summed E-state index contributed by atoms with van der Waals surface area (Å²) in [6.07, 6.45) is 3.18. The monoisotopic (exact) mass is 344 g/mol. The normalized spacial score (nSPS) is 16.2. The van der Waals surface area contributed by atoms with Crippen LogP contribution in [-0.2, 0) is 13.0 Å². The zero-order valence-electron chi connectivity index (χ0n) is 15.1. The third kappa shape index (κ3) is 5.83. The van der Waals surface area contributed by atoms with E-state index in [1.165, 1.54) is 0 Å². The smallest absolute Gasteiger partial charge is 0.240 e. The van der Waals surface area contributed by atoms with Crippen LogP contribution >= 0.6 is 0 Å². The molecular formula is C19H28N4O2. The molecule has 0 aliphatic carbocycles. The molecule has 6 heteroatoms. The first-order valence-corrected chi connectivity index (χ1v) is 9.27. The van der Waals surface area contributed by atoms with E-state index in [9.17, 15) is 0 Å². The lowest BCUT2D eigenvalue weighted by Gasteiger charge is -2.33. The van der Waals surface area contributed by atoms with Crippen molar-refractivity contribution in [3.8, 4) is 5.75 Å². The molecule has 0 saturated carbocycles. The van der Waals surface area contributed by atoms with Crippen LogP contribution in [0.5, 0.6) is 5.75 Å². The van der Waals surface area contributed by atoms with Crippen molar-refractivity contribution in [1.29, 1.82) is 0 Å². The Bertz CT molecular complexity index is 609. The van der Waals surface area contributed by atoms with Crippen LogP contribution < -0.4 is 4.74 Å². The summed E-state index contributed by atoms with van der Waals surface area (Å²) in [6.45, 7) is 8.78. The molecule has 0 spiro atoms. The number of para-hydroxylation sites is 1. The van der Waals surface area contributed by atoms with Gasteiger partial charge in [0, 0.05) is 39.1 Å². The average Bonchev–Trinajstić information content (AvgIpc) is 3.10. The van der Waals surface area contributed by atoms with Crippen molar-refractivity contribution in [1.82, 2.24) is 19.9 Å². The number of nitrogens with zero attached hydrogens (tertiary/aromatic N) is 4. The molecule has 0 amide bonds. The van der Waals surface area contributed by atoms with Crippen molar-refractivity contribution < 1.29 is 9.26 Å². The first-order chi connectivity index (χ1) is 12.3. The second-order valence-corrected chi connectivity index (χ2v) is 6.49. The third-order valence-electron chi connectivity index (χ3n) is 4.51. The molecule has 2 heterocycles. The molecule has 1 aromatic carbocycles. The predicted molar refractivity (Wildman–Crippen MR) is 96.6 cm³/mol. The maximum atomic E-state index is 5.78. The second kappa shape index (κ2) is 9.53. The number of hydrogen-bond acceptors (Lipinski definition) is 6. The summed E-state index contributed by atoms with van der Waals surface area (Å²) in [5.41, 5.74) is 0. The van der Waals surface area contributed by atoms with Crippen LogP contribution in [0.25, 0.3) is 0 Å². The zero-order valence-corrected chi connectivity index (χ0v) is 15.1. The molecular weight excluding hydrogens is 316 g/mol. The van der Waals surface area contributed by atoms with Gasteiger partial charge in [0.15, 0.2) is 5.82 Å². The Morgan fingerprint density at radius 3 is 2.60 bits per heavy atom. The van der Waals surface area contributed by atoms with Crippen LogP contribution in [0.4, 0.5) is 0 Å². The minimum Gasteiger partial charge on any atom is -0.492 e. The lowest BCUT2D eigenvalue weighted by Crippen LogP contribution is -2.47. The Labute approximate surface area is 149 Å². The number of benzene rings is 1. The Kier molecular flexibility index (Phi) is 6.82. The minimum atomic E-state index is 0.731. The Hall–Kier alpha value is -1.92. The highest BCUT2D eigenvalue weighted by Crippen LogP contribution is 2.10. The van der Waals surface area contributed by atoms with Crippen molar-refractivity contribution in [2.45, 2.75) is 32.7 Å². The molecule has 1 fully saturated rings. The summed E-state index contributed by atoms with van der Waals surface area (Å²) in [5, 5.41) is 4.06. The van der Waals surface area contributed by atoms with Crippen molar-refractivity contribution in [2.24, 2.45) is 0 Å². The molecule has 136 valence electrons. The molecule has 1 aromatic heterocycles. The lowest BCUT2D eigenvalue weighted by molar-refractivity contribution is 0.104. The number of aryl methyl sites for hydroxylation is 1. The van der Waals surface area contributed by atoms with Gasteiger partial charge in [0.1, 0.15) is 12.4 Å². The summed E-state index contributed by atoms with van der Waals surface area (Å²) in [7, 11) is 0. The largest absolute Gasteiger partial charge is 0.492 e. The fourth-order valence-corrected chi connectivity index (χ4v) is 2.96. The highest BCUT2D eigenvalue weighted by atomic mass is 16.5. The number of rotatable bonds is 9. The van der Waals surface area contributed by atoms with Gasteiger partial charge in [0.05, 0.1) is 6.54 Å². The van der Waals surface area contributed by atoms with E-state index in [1.54, 1.807) is 0 Å². The summed E-state index contributed by atoms with van der Waals surface area (Å²) >= 11 is 0. The first kappa shape index (κ1) is 17.9. The van der Waals surface area contributed by atoms with Crippen molar-refractivity contribution in [2.75, 3.05) is 39.3 Å². The molecule has 0 unspecified atom stereocenters. The van der Waals surface area contributed by atoms with Crippen LogP contribution in [0.15, 0.2) is 34.9 Å². The Morgan fingerprint density at radius 2 is 1.84 bits per heavy atom. The number of aromatic nitrogens is 2. The van der Waals surface area contributed by atoms with Crippen LogP contribution in [0.3, 0.4) is 0 Å². The maximum Gasteiger partial charge on any atom is 0.240 e. The number of piperazine rings is 1. The second-order valence-electron chi connectivity index (χ2n) is 6.49. The Morgan fingerprint density at radius 1 is 1.08 bits per heavy atom. The molecule has 6 nitrogen and oxygen atoms in total. The van der Waals surface area contributed by atoms with Crippen LogP contribution in [0.1, 0.15) is 31.5 Å². The minimum absolute atomic E-state index is 0.731. The van der Waals surface area contributed by atoms with Gasteiger partial charge in [-0.1, -0.05) is 36.7 Å². The fraction of sp³-hybridized carbons (Fsp3) is 0.579. The molecule has 2 aromatic rings. The van der Waals surface area contributed by atoms with E-state index in [0.717, 1.165) is 82.6 Å². The molecule has 3 rings (SSSR count). The molecule has 1 aliphatic rings. The standard InChI is InChI=1S/C19H28N4O2/c1-2-3-9-18-20-19(25-21-18)16-23-12-10-22(11-13-23)14-15-24-17-7-5-4-6-8-17/h4-8H,2-3,9-16H2,1H3. The molecule has 0 radical (unpaired) electrons. The van der Waals surface area contributed by atoms with Gasteiger partial charge < -0.3 is 9.26 Å². The number of unbranched alkanes of at least 4 members (excludes halogenated alkanes) is 1. The number of ether oxygens (including phenoxy) is 1. The van der Waals surface area contributed by atoms with Crippen molar-refractivity contribution in [3.05, 3.63) is 42.0 Å². The average molecular weight is 344 g/mol. The first-order valence-electron chi connectivity index (χ1n) is 9.27. The van der Waals surface area contributed by atoms with E-state index >= 15 is 0 Å². The fourth-order valence-electron chi connectivity index (χ4n) is 2.96. The summed E-state index contributed by atoms with van der Waals surface area (Å²) in [5.74, 6) is 2.52. The van der Waals surface area contributed by atoms with Gasteiger partial charge in [-0.25, -0.2) is 0 Å². The van der Waals surface area contributed by atoms with Crippen molar-refractivity contribution in [3.63, 3.8) is 0 Å². The molecule has 0 atom stereocenters. The van der Waals surface area contributed by atoms with Gasteiger partial charge in [0.2, 0.25) is 5.89 Å². The quantitative estimate of drug-likeness (QED) is 0.697. The van der Waals surface area contributed by atoms with Gasteiger partial charge in [-0.05, 0) is 18.6 Å². The van der Waals surface area contributed by atoms with E-state index in [1.807, 2.05) is 30.3 Å². The van der Waals surface area contributed by atoms with Crippen molar-refractivity contribution >= 4 is 0 Å². The molecule has 0 N–H and O–H groups in total. The van der Waals surface area contributed by atoms with E-state index in [-0.39, 0.29) is 0 Å². The topological polar surface area (TPSA) is 54.6 Å². The van der Waals surface area contributed by atoms with E-state index in [2.05, 4.69) is 26.9 Å². The highest BCUT2D eigenvalue weighted by Gasteiger charge is 2.19. The summed E-state index contributed by atoms with van der Waals surface area (Å²) < 4.78 is 11.1. The van der Waals surface area contributed by atoms with Crippen LogP contribution in [-0.4, -0.2) is 59.3 Å². The lowest BCUT2D eigenvalue weighted by atomic mass is 10.2. The Balaban J connectivity index is 1.33. The zero-order chi connectivity index (χ0) is 17.3. The van der Waals surface area contributed by atoms with Crippen LogP contribution in [0.2, 0.25) is 0 Å².